The SMILES string of the molecule is CC(CCNC(=O)[C@@H](N)C(C)(C)C)c1ccccc1. The maximum Gasteiger partial charge on any atom is 0.237 e. The van der Waals surface area contributed by atoms with Gasteiger partial charge in [0.15, 0.2) is 0 Å². The van der Waals surface area contributed by atoms with Crippen LogP contribution in [0.1, 0.15) is 45.6 Å². The molecule has 1 unspecified atom stereocenters. The molecule has 1 amide bonds. The van der Waals surface area contributed by atoms with Crippen molar-refractivity contribution in [3.63, 3.8) is 0 Å². The minimum absolute atomic E-state index is 0.0623. The molecule has 0 saturated carbocycles. The summed E-state index contributed by atoms with van der Waals surface area (Å²) >= 11 is 0. The number of carbonyl (C=O) groups excluding carboxylic acids is 1. The lowest BCUT2D eigenvalue weighted by Crippen LogP contribution is -2.48. The van der Waals surface area contributed by atoms with Gasteiger partial charge < -0.3 is 11.1 Å². The van der Waals surface area contributed by atoms with Gasteiger partial charge in [-0.05, 0) is 23.3 Å². The fourth-order valence-corrected chi connectivity index (χ4v) is 1.86. The molecule has 3 heteroatoms. The highest BCUT2D eigenvalue weighted by Crippen LogP contribution is 2.19. The zero-order valence-electron chi connectivity index (χ0n) is 12.4. The van der Waals surface area contributed by atoms with E-state index in [-0.39, 0.29) is 11.3 Å². The monoisotopic (exact) mass is 262 g/mol. The molecule has 0 fully saturated rings. The number of benzene rings is 1. The number of hydrogen-bond donors (Lipinski definition) is 2. The largest absolute Gasteiger partial charge is 0.355 e. The van der Waals surface area contributed by atoms with Crippen LogP contribution in [0.15, 0.2) is 30.3 Å². The lowest BCUT2D eigenvalue weighted by atomic mass is 9.87. The Morgan fingerprint density at radius 2 is 1.84 bits per heavy atom. The molecular formula is C16H26N2O. The number of carbonyl (C=O) groups is 1. The van der Waals surface area contributed by atoms with Crippen molar-refractivity contribution in [1.29, 1.82) is 0 Å². The molecule has 1 aromatic rings. The third-order valence-electron chi connectivity index (χ3n) is 3.46. The van der Waals surface area contributed by atoms with Gasteiger partial charge in [0.1, 0.15) is 0 Å². The molecule has 1 rings (SSSR count). The van der Waals surface area contributed by atoms with Gasteiger partial charge >= 0.3 is 0 Å². The second kappa shape index (κ2) is 6.71. The lowest BCUT2D eigenvalue weighted by Gasteiger charge is -2.26. The van der Waals surface area contributed by atoms with Crippen LogP contribution in [0.4, 0.5) is 0 Å². The van der Waals surface area contributed by atoms with Gasteiger partial charge in [-0.15, -0.1) is 0 Å². The predicted molar refractivity (Wildman–Crippen MR) is 79.9 cm³/mol. The standard InChI is InChI=1S/C16H26N2O/c1-12(13-8-6-5-7-9-13)10-11-18-15(19)14(17)16(2,3)4/h5-9,12,14H,10-11,17H2,1-4H3,(H,18,19)/t12?,14-/m1/s1. The first-order chi connectivity index (χ1) is 8.82. The molecule has 0 aliphatic rings. The molecule has 0 radical (unpaired) electrons. The molecule has 3 N–H and O–H groups in total. The average molecular weight is 262 g/mol. The van der Waals surface area contributed by atoms with E-state index in [0.29, 0.717) is 12.5 Å². The van der Waals surface area contributed by atoms with Gasteiger partial charge in [-0.2, -0.15) is 0 Å². The van der Waals surface area contributed by atoms with Gasteiger partial charge in [-0.1, -0.05) is 58.0 Å². The highest BCUT2D eigenvalue weighted by molar-refractivity contribution is 5.82. The van der Waals surface area contributed by atoms with Crippen molar-refractivity contribution in [2.45, 2.75) is 46.1 Å². The maximum atomic E-state index is 11.9. The molecule has 3 nitrogen and oxygen atoms in total. The van der Waals surface area contributed by atoms with Crippen LogP contribution < -0.4 is 11.1 Å². The predicted octanol–water partition coefficient (Wildman–Crippen LogP) is 2.67. The van der Waals surface area contributed by atoms with E-state index in [2.05, 4.69) is 24.4 Å². The Bertz CT molecular complexity index is 395. The van der Waals surface area contributed by atoms with Crippen LogP contribution >= 0.6 is 0 Å². The van der Waals surface area contributed by atoms with Crippen LogP contribution in [-0.2, 0) is 4.79 Å². The number of hydrogen-bond acceptors (Lipinski definition) is 2. The molecule has 0 bridgehead atoms. The molecule has 0 spiro atoms. The Morgan fingerprint density at radius 3 is 2.37 bits per heavy atom. The summed E-state index contributed by atoms with van der Waals surface area (Å²) in [6, 6.07) is 9.88. The van der Waals surface area contributed by atoms with Gasteiger partial charge in [-0.3, -0.25) is 4.79 Å². The van der Waals surface area contributed by atoms with Crippen molar-refractivity contribution in [3.8, 4) is 0 Å². The maximum absolute atomic E-state index is 11.9. The Kier molecular flexibility index (Phi) is 5.55. The summed E-state index contributed by atoms with van der Waals surface area (Å²) in [5.41, 5.74) is 7.01. The summed E-state index contributed by atoms with van der Waals surface area (Å²) in [5, 5.41) is 2.93. The zero-order valence-corrected chi connectivity index (χ0v) is 12.4. The normalized spacial score (nSPS) is 14.8. The van der Waals surface area contributed by atoms with Crippen LogP contribution in [0.25, 0.3) is 0 Å². The van der Waals surface area contributed by atoms with Crippen molar-refractivity contribution >= 4 is 5.91 Å². The van der Waals surface area contributed by atoms with Gasteiger partial charge in [0.05, 0.1) is 6.04 Å². The highest BCUT2D eigenvalue weighted by Gasteiger charge is 2.27. The summed E-state index contributed by atoms with van der Waals surface area (Å²) in [6.07, 6.45) is 0.923. The Morgan fingerprint density at radius 1 is 1.26 bits per heavy atom. The highest BCUT2D eigenvalue weighted by atomic mass is 16.2. The Labute approximate surface area is 116 Å². The van der Waals surface area contributed by atoms with E-state index in [0.717, 1.165) is 6.42 Å². The van der Waals surface area contributed by atoms with Crippen molar-refractivity contribution in [3.05, 3.63) is 35.9 Å². The molecule has 0 aliphatic heterocycles. The molecule has 0 saturated heterocycles. The lowest BCUT2D eigenvalue weighted by molar-refractivity contribution is -0.124. The zero-order chi connectivity index (χ0) is 14.5. The Hall–Kier alpha value is -1.35. The molecule has 0 aromatic heterocycles. The molecule has 106 valence electrons. The van der Waals surface area contributed by atoms with Crippen LogP contribution in [0, 0.1) is 5.41 Å². The van der Waals surface area contributed by atoms with Gasteiger partial charge in [0, 0.05) is 6.54 Å². The first kappa shape index (κ1) is 15.7. The quantitative estimate of drug-likeness (QED) is 0.857. The van der Waals surface area contributed by atoms with Crippen molar-refractivity contribution in [1.82, 2.24) is 5.32 Å². The summed E-state index contributed by atoms with van der Waals surface area (Å²) in [7, 11) is 0. The first-order valence-electron chi connectivity index (χ1n) is 6.90. The molecule has 0 heterocycles. The van der Waals surface area contributed by atoms with Gasteiger partial charge in [0.25, 0.3) is 0 Å². The van der Waals surface area contributed by atoms with Gasteiger partial charge in [-0.25, -0.2) is 0 Å². The van der Waals surface area contributed by atoms with Crippen LogP contribution in [0.2, 0.25) is 0 Å². The second-order valence-corrected chi connectivity index (χ2v) is 6.24. The smallest absolute Gasteiger partial charge is 0.237 e. The Balaban J connectivity index is 2.37. The average Bonchev–Trinajstić information content (AvgIpc) is 2.37. The fraction of sp³-hybridized carbons (Fsp3) is 0.562. The van der Waals surface area contributed by atoms with Crippen LogP contribution in [-0.4, -0.2) is 18.5 Å². The molecular weight excluding hydrogens is 236 g/mol. The van der Waals surface area contributed by atoms with Crippen molar-refractivity contribution in [2.24, 2.45) is 11.1 Å². The number of nitrogens with two attached hydrogens (primary N) is 1. The third-order valence-corrected chi connectivity index (χ3v) is 3.46. The fourth-order valence-electron chi connectivity index (χ4n) is 1.86. The summed E-state index contributed by atoms with van der Waals surface area (Å²) in [4.78, 5) is 11.9. The van der Waals surface area contributed by atoms with Crippen LogP contribution in [0.5, 0.6) is 0 Å². The molecule has 2 atom stereocenters. The summed E-state index contributed by atoms with van der Waals surface area (Å²) < 4.78 is 0. The topological polar surface area (TPSA) is 55.1 Å². The molecule has 19 heavy (non-hydrogen) atoms. The third kappa shape index (κ3) is 5.03. The van der Waals surface area contributed by atoms with E-state index in [1.54, 1.807) is 0 Å². The first-order valence-corrected chi connectivity index (χ1v) is 6.90. The number of nitrogens with one attached hydrogen (secondary N) is 1. The van der Waals surface area contributed by atoms with E-state index in [1.165, 1.54) is 5.56 Å². The minimum Gasteiger partial charge on any atom is -0.355 e. The number of amides is 1. The minimum atomic E-state index is -0.459. The van der Waals surface area contributed by atoms with E-state index in [9.17, 15) is 4.79 Å². The number of rotatable bonds is 5. The molecule has 1 aromatic carbocycles. The van der Waals surface area contributed by atoms with Crippen LogP contribution in [0.3, 0.4) is 0 Å². The van der Waals surface area contributed by atoms with Crippen molar-refractivity contribution < 1.29 is 4.79 Å². The van der Waals surface area contributed by atoms with Crippen molar-refractivity contribution in [2.75, 3.05) is 6.54 Å². The van der Waals surface area contributed by atoms with E-state index in [4.69, 9.17) is 5.73 Å². The molecule has 0 aliphatic carbocycles. The summed E-state index contributed by atoms with van der Waals surface area (Å²) in [6.45, 7) is 8.77. The van der Waals surface area contributed by atoms with E-state index >= 15 is 0 Å². The van der Waals surface area contributed by atoms with E-state index in [1.807, 2.05) is 39.0 Å². The summed E-state index contributed by atoms with van der Waals surface area (Å²) in [5.74, 6) is 0.375. The second-order valence-electron chi connectivity index (χ2n) is 6.24. The van der Waals surface area contributed by atoms with Gasteiger partial charge in [0.2, 0.25) is 5.91 Å². The van der Waals surface area contributed by atoms with E-state index < -0.39 is 6.04 Å².